The molecule has 4 aromatic heterocycles. The first-order valence-electron chi connectivity index (χ1n) is 16.1. The molecule has 6 nitrogen and oxygen atoms in total. The van der Waals surface area contributed by atoms with E-state index in [0.29, 0.717) is 11.3 Å². The van der Waals surface area contributed by atoms with Crippen LogP contribution in [0.4, 0.5) is 5.69 Å². The van der Waals surface area contributed by atoms with Gasteiger partial charge < -0.3 is 4.57 Å². The number of aromatic nitrogens is 4. The second-order valence-electron chi connectivity index (χ2n) is 12.2. The molecule has 0 radical (unpaired) electrons. The Morgan fingerprint density at radius 3 is 1.94 bits per heavy atom. The molecule has 6 aromatic carbocycles. The summed E-state index contributed by atoms with van der Waals surface area (Å²) >= 11 is 0. The van der Waals surface area contributed by atoms with Gasteiger partial charge in [-0.2, -0.15) is 5.26 Å². The Labute approximate surface area is 280 Å². The second kappa shape index (κ2) is 10.2. The SMILES string of the molecule is [C-]#[N+]c1ccc2c(c1)c1ccc3c(c4ccccc4n3-c3ccccc3)c1n2-c1cccc(-n2c3ccccc3c3cc(C#N)ccc32)n1. The number of rotatable bonds is 3. The molecule has 0 amide bonds. The third-order valence-corrected chi connectivity index (χ3v) is 9.67. The maximum absolute atomic E-state index is 9.66. The van der Waals surface area contributed by atoms with Crippen LogP contribution in [0.25, 0.3) is 87.6 Å². The van der Waals surface area contributed by atoms with Crippen molar-refractivity contribution in [3.63, 3.8) is 0 Å². The lowest BCUT2D eigenvalue weighted by molar-refractivity contribution is 1.02. The maximum Gasteiger partial charge on any atom is 0.188 e. The van der Waals surface area contributed by atoms with Crippen molar-refractivity contribution in [1.82, 2.24) is 18.7 Å². The highest BCUT2D eigenvalue weighted by atomic mass is 15.1. The third-order valence-electron chi connectivity index (χ3n) is 9.67. The highest BCUT2D eigenvalue weighted by Crippen LogP contribution is 2.43. The van der Waals surface area contributed by atoms with Crippen molar-refractivity contribution in [2.75, 3.05) is 0 Å². The summed E-state index contributed by atoms with van der Waals surface area (Å²) in [5.74, 6) is 1.55. The molecule has 10 rings (SSSR count). The third kappa shape index (κ3) is 3.77. The highest BCUT2D eigenvalue weighted by Gasteiger charge is 2.22. The molecule has 0 fully saturated rings. The molecule has 6 heteroatoms. The van der Waals surface area contributed by atoms with Gasteiger partial charge in [0.1, 0.15) is 11.6 Å². The van der Waals surface area contributed by atoms with Gasteiger partial charge in [-0.3, -0.25) is 9.13 Å². The zero-order chi connectivity index (χ0) is 32.6. The van der Waals surface area contributed by atoms with Crippen LogP contribution in [0, 0.1) is 17.9 Å². The minimum absolute atomic E-state index is 0.599. The molecule has 0 aliphatic carbocycles. The van der Waals surface area contributed by atoms with Crippen LogP contribution in [0.15, 0.2) is 146 Å². The first-order valence-corrected chi connectivity index (χ1v) is 16.1. The van der Waals surface area contributed by atoms with E-state index in [4.69, 9.17) is 11.6 Å². The van der Waals surface area contributed by atoms with E-state index < -0.39 is 0 Å². The molecule has 0 saturated heterocycles. The molecule has 0 N–H and O–H groups in total. The van der Waals surface area contributed by atoms with Crippen molar-refractivity contribution < 1.29 is 0 Å². The van der Waals surface area contributed by atoms with E-state index in [-0.39, 0.29) is 0 Å². The van der Waals surface area contributed by atoms with Gasteiger partial charge in [-0.05, 0) is 78.2 Å². The van der Waals surface area contributed by atoms with Crippen LogP contribution in [-0.4, -0.2) is 18.7 Å². The van der Waals surface area contributed by atoms with Gasteiger partial charge in [0, 0.05) is 32.6 Å². The number of nitriles is 1. The van der Waals surface area contributed by atoms with E-state index in [2.05, 4.69) is 110 Å². The lowest BCUT2D eigenvalue weighted by atomic mass is 10.1. The summed E-state index contributed by atoms with van der Waals surface area (Å²) in [4.78, 5) is 9.17. The number of hydrogen-bond donors (Lipinski definition) is 0. The topological polar surface area (TPSA) is 55.8 Å². The van der Waals surface area contributed by atoms with Crippen LogP contribution in [-0.2, 0) is 0 Å². The van der Waals surface area contributed by atoms with E-state index in [9.17, 15) is 5.26 Å². The molecule has 0 atom stereocenters. The molecule has 0 saturated carbocycles. The zero-order valence-electron chi connectivity index (χ0n) is 26.0. The van der Waals surface area contributed by atoms with Gasteiger partial charge in [0.15, 0.2) is 5.69 Å². The molecule has 0 unspecified atom stereocenters. The minimum atomic E-state index is 0.599. The summed E-state index contributed by atoms with van der Waals surface area (Å²) in [6.45, 7) is 7.78. The lowest BCUT2D eigenvalue weighted by Gasteiger charge is -2.12. The van der Waals surface area contributed by atoms with Crippen LogP contribution in [0.3, 0.4) is 0 Å². The molecular formula is C43H24N6. The van der Waals surface area contributed by atoms with Crippen molar-refractivity contribution in [3.8, 4) is 23.4 Å². The molecule has 4 heterocycles. The van der Waals surface area contributed by atoms with Crippen LogP contribution in [0.5, 0.6) is 0 Å². The summed E-state index contributed by atoms with van der Waals surface area (Å²) in [6, 6.07) is 51.9. The Morgan fingerprint density at radius 1 is 0.510 bits per heavy atom. The van der Waals surface area contributed by atoms with E-state index in [1.54, 1.807) is 0 Å². The van der Waals surface area contributed by atoms with Crippen molar-refractivity contribution >= 4 is 71.1 Å². The predicted molar refractivity (Wildman–Crippen MR) is 198 cm³/mol. The molecule has 0 aliphatic heterocycles. The van der Waals surface area contributed by atoms with Crippen LogP contribution < -0.4 is 0 Å². The zero-order valence-corrected chi connectivity index (χ0v) is 26.0. The Kier molecular flexibility index (Phi) is 5.61. The molecule has 0 bridgehead atoms. The Morgan fingerprint density at radius 2 is 1.14 bits per heavy atom. The number of para-hydroxylation sites is 3. The molecule has 10 aromatic rings. The monoisotopic (exact) mass is 624 g/mol. The quantitative estimate of drug-likeness (QED) is 0.184. The van der Waals surface area contributed by atoms with Crippen molar-refractivity contribution in [2.45, 2.75) is 0 Å². The van der Waals surface area contributed by atoms with Gasteiger partial charge in [0.25, 0.3) is 0 Å². The summed E-state index contributed by atoms with van der Waals surface area (Å²) in [5, 5.41) is 16.1. The van der Waals surface area contributed by atoms with Gasteiger partial charge in [-0.1, -0.05) is 72.8 Å². The van der Waals surface area contributed by atoms with Crippen LogP contribution in [0.1, 0.15) is 5.56 Å². The van der Waals surface area contributed by atoms with E-state index >= 15 is 0 Å². The highest BCUT2D eigenvalue weighted by molar-refractivity contribution is 6.26. The first kappa shape index (κ1) is 27.0. The summed E-state index contributed by atoms with van der Waals surface area (Å²) < 4.78 is 6.76. The predicted octanol–water partition coefficient (Wildman–Crippen LogP) is 10.8. The van der Waals surface area contributed by atoms with Gasteiger partial charge in [0.05, 0.1) is 51.3 Å². The fraction of sp³-hybridized carbons (Fsp3) is 0. The number of fused-ring (bicyclic) bond motifs is 10. The average molecular weight is 625 g/mol. The number of pyridine rings is 1. The summed E-state index contributed by atoms with van der Waals surface area (Å²) in [6.07, 6.45) is 0. The van der Waals surface area contributed by atoms with Crippen molar-refractivity contribution in [2.24, 2.45) is 0 Å². The van der Waals surface area contributed by atoms with Gasteiger partial charge >= 0.3 is 0 Å². The molecule has 0 aliphatic rings. The normalized spacial score (nSPS) is 11.6. The van der Waals surface area contributed by atoms with E-state index in [1.165, 1.54) is 0 Å². The minimum Gasteiger partial charge on any atom is -0.309 e. The van der Waals surface area contributed by atoms with Crippen molar-refractivity contribution in [1.29, 1.82) is 5.26 Å². The smallest absolute Gasteiger partial charge is 0.188 e. The first-order chi connectivity index (χ1) is 24.2. The van der Waals surface area contributed by atoms with Crippen molar-refractivity contribution in [3.05, 3.63) is 163 Å². The Bertz CT molecular complexity index is 3070. The summed E-state index contributed by atoms with van der Waals surface area (Å²) in [5.41, 5.74) is 8.58. The Balaban J connectivity index is 1.34. The maximum atomic E-state index is 9.66. The van der Waals surface area contributed by atoms with Gasteiger partial charge in [-0.15, -0.1) is 0 Å². The fourth-order valence-corrected chi connectivity index (χ4v) is 7.66. The van der Waals surface area contributed by atoms with Gasteiger partial charge in [0.2, 0.25) is 0 Å². The average Bonchev–Trinajstić information content (AvgIpc) is 3.80. The summed E-state index contributed by atoms with van der Waals surface area (Å²) in [7, 11) is 0. The molecular weight excluding hydrogens is 601 g/mol. The number of benzene rings is 6. The van der Waals surface area contributed by atoms with Crippen LogP contribution >= 0.6 is 0 Å². The van der Waals surface area contributed by atoms with Gasteiger partial charge in [-0.25, -0.2) is 9.83 Å². The van der Waals surface area contributed by atoms with Crippen LogP contribution in [0.2, 0.25) is 0 Å². The second-order valence-corrected chi connectivity index (χ2v) is 12.2. The standard InChI is InChI=1S/C43H24N6/c1-45-28-19-22-38-34(25-28)31-20-23-39-42(32-13-6-8-15-36(32)47(39)29-10-3-2-4-11-29)43(31)49(38)41-17-9-16-40(46-41)48-35-14-7-5-12-30(35)33-24-27(26-44)18-21-37(33)48/h2-25H. The van der Waals surface area contributed by atoms with E-state index in [0.717, 1.165) is 82.7 Å². The lowest BCUT2D eigenvalue weighted by Crippen LogP contribution is -2.03. The number of hydrogen-bond acceptors (Lipinski definition) is 2. The largest absolute Gasteiger partial charge is 0.309 e. The molecule has 49 heavy (non-hydrogen) atoms. The molecule has 226 valence electrons. The van der Waals surface area contributed by atoms with E-state index in [1.807, 2.05) is 60.7 Å². The number of nitrogens with zero attached hydrogens (tertiary/aromatic N) is 6. The fourth-order valence-electron chi connectivity index (χ4n) is 7.66. The Hall–Kier alpha value is -7.15. The molecule has 0 spiro atoms.